The van der Waals surface area contributed by atoms with Gasteiger partial charge in [-0.1, -0.05) is 70.5 Å². The highest BCUT2D eigenvalue weighted by Crippen LogP contribution is 2.32. The summed E-state index contributed by atoms with van der Waals surface area (Å²) in [7, 11) is 1.94. The van der Waals surface area contributed by atoms with Crippen LogP contribution in [-0.4, -0.2) is 32.9 Å². The number of carbonyl (C=O) groups is 1. The highest BCUT2D eigenvalue weighted by atomic mass is 79.9. The van der Waals surface area contributed by atoms with Crippen LogP contribution in [0.25, 0.3) is 39.4 Å². The normalized spacial score (nSPS) is 10.7. The number of pyridine rings is 2. The van der Waals surface area contributed by atoms with Crippen molar-refractivity contribution in [1.82, 2.24) is 24.8 Å². The molecule has 3 N–H and O–H groups in total. The highest BCUT2D eigenvalue weighted by Gasteiger charge is 2.18. The lowest BCUT2D eigenvalue weighted by atomic mass is 10.1. The number of nitrogen functional groups attached to an aromatic ring is 1. The molecule has 0 aliphatic heterocycles. The van der Waals surface area contributed by atoms with Crippen molar-refractivity contribution in [2.45, 2.75) is 6.54 Å². The molecule has 0 unspecified atom stereocenters. The Bertz CT molecular complexity index is 1730. The summed E-state index contributed by atoms with van der Waals surface area (Å²) in [5.74, 6) is 1.15. The van der Waals surface area contributed by atoms with Crippen molar-refractivity contribution in [3.05, 3.63) is 125 Å². The molecule has 0 fully saturated rings. The average molecular weight is 592 g/mol. The molecule has 0 saturated heterocycles. The lowest BCUT2D eigenvalue weighted by molar-refractivity contribution is 0.112. The van der Waals surface area contributed by atoms with Crippen molar-refractivity contribution in [3.8, 4) is 28.2 Å². The molecule has 0 spiro atoms. The van der Waals surface area contributed by atoms with Gasteiger partial charge in [0.05, 0.1) is 5.56 Å². The predicted molar refractivity (Wildman–Crippen MR) is 164 cm³/mol. The molecule has 3 heterocycles. The van der Waals surface area contributed by atoms with Crippen LogP contribution in [0, 0.1) is 0 Å². The van der Waals surface area contributed by atoms with Crippen molar-refractivity contribution in [3.63, 3.8) is 0 Å². The van der Waals surface area contributed by atoms with Crippen LogP contribution in [0.3, 0.4) is 0 Å². The van der Waals surface area contributed by atoms with Gasteiger partial charge in [0.1, 0.15) is 17.6 Å². The van der Waals surface area contributed by atoms with Gasteiger partial charge in [0.25, 0.3) is 0 Å². The van der Waals surface area contributed by atoms with E-state index in [1.807, 2.05) is 60.3 Å². The molecule has 0 amide bonds. The van der Waals surface area contributed by atoms with Gasteiger partial charge in [-0.05, 0) is 60.6 Å². The molecular weight excluding hydrogens is 564 g/mol. The van der Waals surface area contributed by atoms with E-state index in [9.17, 15) is 4.79 Å². The summed E-state index contributed by atoms with van der Waals surface area (Å²) >= 11 is 3.49. The molecule has 0 aliphatic rings. The topological polar surface area (TPSA) is 98.7 Å². The number of fused-ring (bicyclic) bond motifs is 1. The summed E-state index contributed by atoms with van der Waals surface area (Å²) in [5, 5.41) is 3.18. The molecule has 7 nitrogen and oxygen atoms in total. The summed E-state index contributed by atoms with van der Waals surface area (Å²) in [6, 6.07) is 31.5. The van der Waals surface area contributed by atoms with Crippen molar-refractivity contribution in [1.29, 1.82) is 0 Å². The third-order valence-electron chi connectivity index (χ3n) is 6.27. The summed E-state index contributed by atoms with van der Waals surface area (Å²) in [4.78, 5) is 24.0. The quantitative estimate of drug-likeness (QED) is 0.209. The monoisotopic (exact) mass is 590 g/mol. The Morgan fingerprint density at radius 3 is 2.30 bits per heavy atom. The molecular formula is C32H27BrN6O. The molecule has 0 aliphatic carbocycles. The van der Waals surface area contributed by atoms with E-state index in [1.165, 1.54) is 5.56 Å². The number of nitrogens with one attached hydrogen (secondary N) is 1. The Balaban J connectivity index is 0.000000348. The van der Waals surface area contributed by atoms with Gasteiger partial charge in [0.2, 0.25) is 0 Å². The van der Waals surface area contributed by atoms with Gasteiger partial charge in [-0.2, -0.15) is 0 Å². The fourth-order valence-electron chi connectivity index (χ4n) is 4.30. The number of halogens is 1. The fourth-order valence-corrected chi connectivity index (χ4v) is 4.56. The smallest absolute Gasteiger partial charge is 0.164 e. The number of hydrogen-bond acceptors (Lipinski definition) is 6. The van der Waals surface area contributed by atoms with Crippen LogP contribution in [0.2, 0.25) is 0 Å². The van der Waals surface area contributed by atoms with Crippen LogP contribution in [0.15, 0.2) is 114 Å². The molecule has 0 radical (unpaired) electrons. The molecule has 40 heavy (non-hydrogen) atoms. The second-order valence-electron chi connectivity index (χ2n) is 9.01. The number of rotatable bonds is 6. The van der Waals surface area contributed by atoms with Crippen LogP contribution in [0.1, 0.15) is 15.9 Å². The number of benzene rings is 3. The van der Waals surface area contributed by atoms with E-state index in [-0.39, 0.29) is 0 Å². The Labute approximate surface area is 240 Å². The van der Waals surface area contributed by atoms with Crippen molar-refractivity contribution in [2.24, 2.45) is 0 Å². The van der Waals surface area contributed by atoms with E-state index in [2.05, 4.69) is 68.7 Å². The van der Waals surface area contributed by atoms with Crippen LogP contribution in [0.5, 0.6) is 0 Å². The van der Waals surface area contributed by atoms with E-state index in [1.54, 1.807) is 18.3 Å². The van der Waals surface area contributed by atoms with Gasteiger partial charge in [-0.25, -0.2) is 15.0 Å². The molecule has 6 rings (SSSR count). The Morgan fingerprint density at radius 1 is 0.900 bits per heavy atom. The maximum absolute atomic E-state index is 10.0. The second kappa shape index (κ2) is 12.5. The van der Waals surface area contributed by atoms with Crippen molar-refractivity contribution < 1.29 is 4.79 Å². The van der Waals surface area contributed by atoms with E-state index in [0.717, 1.165) is 56.4 Å². The van der Waals surface area contributed by atoms with Gasteiger partial charge in [-0.3, -0.25) is 9.36 Å². The minimum Gasteiger partial charge on any atom is -0.383 e. The van der Waals surface area contributed by atoms with Gasteiger partial charge in [-0.15, -0.1) is 0 Å². The number of nitrogens with two attached hydrogens (primary N) is 1. The van der Waals surface area contributed by atoms with Crippen LogP contribution in [-0.2, 0) is 6.54 Å². The molecule has 0 saturated carbocycles. The minimum atomic E-state index is 0.434. The summed E-state index contributed by atoms with van der Waals surface area (Å²) in [5.41, 5.74) is 13.5. The number of aldehydes is 1. The minimum absolute atomic E-state index is 0.434. The zero-order chi connectivity index (χ0) is 27.9. The highest BCUT2D eigenvalue weighted by molar-refractivity contribution is 9.10. The van der Waals surface area contributed by atoms with Crippen molar-refractivity contribution >= 4 is 39.2 Å². The molecule has 198 valence electrons. The third kappa shape index (κ3) is 5.98. The standard InChI is InChI=1S/C25H21BrN6.C7H6O/c1-28-14-16-4-10-20(11-5-16)32-24(21-3-2-12-29-23(21)27)31-22-13-18(15-30-25(22)32)17-6-8-19(26)9-7-17;8-6-7-4-2-1-3-5-7/h2-13,15,28H,14H2,1H3,(H2,27,29);1-6H. The first kappa shape index (κ1) is 26.9. The fraction of sp³-hybridized carbons (Fsp3) is 0.0625. The first-order valence-electron chi connectivity index (χ1n) is 12.7. The van der Waals surface area contributed by atoms with Crippen LogP contribution in [0.4, 0.5) is 5.82 Å². The Morgan fingerprint density at radius 2 is 1.65 bits per heavy atom. The van der Waals surface area contributed by atoms with Gasteiger partial charge in [0, 0.05) is 40.2 Å². The molecule has 8 heteroatoms. The zero-order valence-corrected chi connectivity index (χ0v) is 23.4. The average Bonchev–Trinajstić information content (AvgIpc) is 3.37. The number of aromatic nitrogens is 4. The maximum atomic E-state index is 10.0. The Kier molecular flexibility index (Phi) is 8.39. The molecule has 6 aromatic rings. The van der Waals surface area contributed by atoms with Gasteiger partial charge < -0.3 is 11.1 Å². The third-order valence-corrected chi connectivity index (χ3v) is 6.79. The number of hydrogen-bond donors (Lipinski definition) is 2. The van der Waals surface area contributed by atoms with E-state index in [4.69, 9.17) is 15.7 Å². The number of anilines is 1. The summed E-state index contributed by atoms with van der Waals surface area (Å²) in [6.45, 7) is 0.808. The first-order chi connectivity index (χ1) is 19.6. The maximum Gasteiger partial charge on any atom is 0.164 e. The van der Waals surface area contributed by atoms with Crippen LogP contribution >= 0.6 is 15.9 Å². The second-order valence-corrected chi connectivity index (χ2v) is 9.92. The van der Waals surface area contributed by atoms with Crippen molar-refractivity contribution in [2.75, 3.05) is 12.8 Å². The summed E-state index contributed by atoms with van der Waals surface area (Å²) in [6.07, 6.45) is 4.40. The zero-order valence-electron chi connectivity index (χ0n) is 21.8. The lowest BCUT2D eigenvalue weighted by Crippen LogP contribution is -2.05. The predicted octanol–water partition coefficient (Wildman–Crippen LogP) is 6.71. The Hall–Kier alpha value is -4.66. The first-order valence-corrected chi connectivity index (χ1v) is 13.5. The lowest BCUT2D eigenvalue weighted by Gasteiger charge is -2.11. The van der Waals surface area contributed by atoms with E-state index >= 15 is 0 Å². The number of imidazole rings is 1. The number of nitrogens with zero attached hydrogens (tertiary/aromatic N) is 4. The number of carbonyl (C=O) groups excluding carboxylic acids is 1. The molecule has 0 bridgehead atoms. The van der Waals surface area contributed by atoms with E-state index < -0.39 is 0 Å². The van der Waals surface area contributed by atoms with E-state index in [0.29, 0.717) is 11.6 Å². The molecule has 3 aromatic heterocycles. The summed E-state index contributed by atoms with van der Waals surface area (Å²) < 4.78 is 3.08. The SMILES string of the molecule is CNCc1ccc(-n2c(-c3cccnc3N)nc3cc(-c4ccc(Br)cc4)cnc32)cc1.O=Cc1ccccc1. The largest absolute Gasteiger partial charge is 0.383 e. The molecule has 0 atom stereocenters. The van der Waals surface area contributed by atoms with Gasteiger partial charge >= 0.3 is 0 Å². The molecule has 3 aromatic carbocycles. The van der Waals surface area contributed by atoms with Crippen LogP contribution < -0.4 is 11.1 Å². The van der Waals surface area contributed by atoms with Gasteiger partial charge in [0.15, 0.2) is 11.5 Å².